The zero-order chi connectivity index (χ0) is 9.47. The SMILES string of the molecule is OC[C@H]1CCCN1CC1CC1(Cl)Cl. The van der Waals surface area contributed by atoms with Crippen LogP contribution in [0.5, 0.6) is 0 Å². The minimum Gasteiger partial charge on any atom is -0.395 e. The van der Waals surface area contributed by atoms with Gasteiger partial charge in [0.15, 0.2) is 0 Å². The third-order valence-electron chi connectivity index (χ3n) is 3.12. The van der Waals surface area contributed by atoms with Crippen molar-refractivity contribution in [2.45, 2.75) is 29.6 Å². The first kappa shape index (κ1) is 10.0. The molecule has 1 N–H and O–H groups in total. The first-order chi connectivity index (χ1) is 6.13. The summed E-state index contributed by atoms with van der Waals surface area (Å²) in [6, 6.07) is 0.352. The van der Waals surface area contributed by atoms with Gasteiger partial charge in [0, 0.05) is 18.5 Å². The highest BCUT2D eigenvalue weighted by molar-refractivity contribution is 6.50. The molecule has 1 unspecified atom stereocenters. The summed E-state index contributed by atoms with van der Waals surface area (Å²) in [6.45, 7) is 2.31. The van der Waals surface area contributed by atoms with Gasteiger partial charge in [-0.15, -0.1) is 23.2 Å². The zero-order valence-electron chi connectivity index (χ0n) is 7.55. The molecule has 0 aromatic heterocycles. The van der Waals surface area contributed by atoms with Crippen LogP contribution in [-0.4, -0.2) is 40.1 Å². The molecule has 0 bridgehead atoms. The van der Waals surface area contributed by atoms with Crippen LogP contribution in [0.25, 0.3) is 0 Å². The second-order valence-corrected chi connectivity index (χ2v) is 5.68. The van der Waals surface area contributed by atoms with Gasteiger partial charge in [-0.05, 0) is 25.8 Å². The molecule has 2 atom stereocenters. The Morgan fingerprint density at radius 2 is 2.15 bits per heavy atom. The van der Waals surface area contributed by atoms with E-state index in [2.05, 4.69) is 4.90 Å². The largest absolute Gasteiger partial charge is 0.395 e. The average molecular weight is 224 g/mol. The van der Waals surface area contributed by atoms with E-state index in [4.69, 9.17) is 28.3 Å². The maximum atomic E-state index is 9.09. The topological polar surface area (TPSA) is 23.5 Å². The quantitative estimate of drug-likeness (QED) is 0.736. The molecule has 0 aromatic carbocycles. The van der Waals surface area contributed by atoms with Crippen molar-refractivity contribution in [2.24, 2.45) is 5.92 Å². The molecule has 2 aliphatic rings. The second-order valence-electron chi connectivity index (χ2n) is 4.14. The fraction of sp³-hybridized carbons (Fsp3) is 1.00. The maximum absolute atomic E-state index is 9.09. The average Bonchev–Trinajstić information content (AvgIpc) is 2.50. The summed E-state index contributed by atoms with van der Waals surface area (Å²) in [5.74, 6) is 0.419. The summed E-state index contributed by atoms with van der Waals surface area (Å²) in [5, 5.41) is 9.09. The Kier molecular flexibility index (Phi) is 2.76. The lowest BCUT2D eigenvalue weighted by Gasteiger charge is -2.22. The minimum absolute atomic E-state index is 0.268. The zero-order valence-corrected chi connectivity index (χ0v) is 9.06. The van der Waals surface area contributed by atoms with E-state index >= 15 is 0 Å². The Hall–Kier alpha value is 0.500. The number of rotatable bonds is 3. The molecule has 1 saturated carbocycles. The Balaban J connectivity index is 1.81. The van der Waals surface area contributed by atoms with Crippen molar-refractivity contribution in [2.75, 3.05) is 19.7 Å². The Labute approximate surface area is 88.8 Å². The van der Waals surface area contributed by atoms with E-state index in [1.165, 1.54) is 6.42 Å². The van der Waals surface area contributed by atoms with Gasteiger partial charge in [0.1, 0.15) is 4.33 Å². The smallest absolute Gasteiger partial charge is 0.122 e. The summed E-state index contributed by atoms with van der Waals surface area (Å²) in [7, 11) is 0. The summed E-state index contributed by atoms with van der Waals surface area (Å²) >= 11 is 11.9. The van der Waals surface area contributed by atoms with Gasteiger partial charge >= 0.3 is 0 Å². The molecule has 1 aliphatic carbocycles. The van der Waals surface area contributed by atoms with Crippen LogP contribution in [0.15, 0.2) is 0 Å². The standard InChI is InChI=1S/C9H15Cl2NO/c10-9(11)4-7(9)5-12-3-1-2-8(12)6-13/h7-8,13H,1-6H2/t7?,8-/m1/s1. The molecular formula is C9H15Cl2NO. The molecule has 0 amide bonds. The summed E-state index contributed by atoms with van der Waals surface area (Å²) in [5.41, 5.74) is 0. The molecule has 0 aromatic rings. The number of aliphatic hydroxyl groups is 1. The van der Waals surface area contributed by atoms with Crippen LogP contribution < -0.4 is 0 Å². The van der Waals surface area contributed by atoms with Gasteiger partial charge in [0.05, 0.1) is 6.61 Å². The van der Waals surface area contributed by atoms with Gasteiger partial charge in [-0.25, -0.2) is 0 Å². The van der Waals surface area contributed by atoms with E-state index in [9.17, 15) is 0 Å². The lowest BCUT2D eigenvalue weighted by Crippen LogP contribution is -2.34. The van der Waals surface area contributed by atoms with Crippen molar-refractivity contribution >= 4 is 23.2 Å². The van der Waals surface area contributed by atoms with Gasteiger partial charge < -0.3 is 5.11 Å². The van der Waals surface area contributed by atoms with Crippen molar-refractivity contribution in [1.82, 2.24) is 4.90 Å². The number of halogens is 2. The minimum atomic E-state index is -0.470. The van der Waals surface area contributed by atoms with Crippen molar-refractivity contribution < 1.29 is 5.11 Å². The molecule has 76 valence electrons. The number of hydrogen-bond donors (Lipinski definition) is 1. The van der Waals surface area contributed by atoms with Crippen LogP contribution in [-0.2, 0) is 0 Å². The summed E-state index contributed by atoms with van der Waals surface area (Å²) in [6.07, 6.45) is 3.21. The fourth-order valence-electron chi connectivity index (χ4n) is 2.09. The molecule has 0 radical (unpaired) electrons. The van der Waals surface area contributed by atoms with E-state index in [1.807, 2.05) is 0 Å². The molecule has 2 nitrogen and oxygen atoms in total. The Bertz CT molecular complexity index is 198. The van der Waals surface area contributed by atoms with Gasteiger partial charge in [-0.3, -0.25) is 4.90 Å². The highest BCUT2D eigenvalue weighted by Crippen LogP contribution is 2.53. The molecule has 1 aliphatic heterocycles. The van der Waals surface area contributed by atoms with Crippen LogP contribution in [0.3, 0.4) is 0 Å². The van der Waals surface area contributed by atoms with Gasteiger partial charge in [0.2, 0.25) is 0 Å². The van der Waals surface area contributed by atoms with E-state index in [0.29, 0.717) is 12.0 Å². The molecule has 2 fully saturated rings. The van der Waals surface area contributed by atoms with Crippen LogP contribution in [0.4, 0.5) is 0 Å². The van der Waals surface area contributed by atoms with Crippen molar-refractivity contribution in [3.8, 4) is 0 Å². The number of likely N-dealkylation sites (tertiary alicyclic amines) is 1. The highest BCUT2D eigenvalue weighted by Gasteiger charge is 2.52. The molecule has 2 rings (SSSR count). The predicted octanol–water partition coefficient (Wildman–Crippen LogP) is 1.64. The Morgan fingerprint density at radius 1 is 1.46 bits per heavy atom. The van der Waals surface area contributed by atoms with Crippen LogP contribution in [0, 0.1) is 5.92 Å². The monoisotopic (exact) mass is 223 g/mol. The number of nitrogens with zero attached hydrogens (tertiary/aromatic N) is 1. The van der Waals surface area contributed by atoms with Gasteiger partial charge in [0.25, 0.3) is 0 Å². The lowest BCUT2D eigenvalue weighted by molar-refractivity contribution is 0.154. The normalized spacial score (nSPS) is 38.1. The van der Waals surface area contributed by atoms with E-state index in [-0.39, 0.29) is 6.61 Å². The fourth-order valence-corrected chi connectivity index (χ4v) is 2.60. The predicted molar refractivity (Wildman–Crippen MR) is 54.2 cm³/mol. The van der Waals surface area contributed by atoms with E-state index in [0.717, 1.165) is 25.9 Å². The molecular weight excluding hydrogens is 209 g/mol. The van der Waals surface area contributed by atoms with Crippen molar-refractivity contribution in [3.63, 3.8) is 0 Å². The molecule has 0 spiro atoms. The van der Waals surface area contributed by atoms with Crippen molar-refractivity contribution in [3.05, 3.63) is 0 Å². The Morgan fingerprint density at radius 3 is 2.69 bits per heavy atom. The number of alkyl halides is 2. The highest BCUT2D eigenvalue weighted by atomic mass is 35.5. The van der Waals surface area contributed by atoms with E-state index in [1.54, 1.807) is 0 Å². The van der Waals surface area contributed by atoms with Crippen LogP contribution >= 0.6 is 23.2 Å². The maximum Gasteiger partial charge on any atom is 0.122 e. The third kappa shape index (κ3) is 2.12. The number of hydrogen-bond acceptors (Lipinski definition) is 2. The number of aliphatic hydroxyl groups excluding tert-OH is 1. The molecule has 4 heteroatoms. The van der Waals surface area contributed by atoms with Crippen LogP contribution in [0.1, 0.15) is 19.3 Å². The van der Waals surface area contributed by atoms with Crippen LogP contribution in [0.2, 0.25) is 0 Å². The molecule has 13 heavy (non-hydrogen) atoms. The van der Waals surface area contributed by atoms with Gasteiger partial charge in [-0.2, -0.15) is 0 Å². The summed E-state index contributed by atoms with van der Waals surface area (Å²) < 4.78 is -0.470. The molecule has 1 heterocycles. The van der Waals surface area contributed by atoms with E-state index < -0.39 is 4.33 Å². The summed E-state index contributed by atoms with van der Waals surface area (Å²) in [4.78, 5) is 2.32. The first-order valence-electron chi connectivity index (χ1n) is 4.86. The lowest BCUT2D eigenvalue weighted by atomic mass is 10.2. The second kappa shape index (κ2) is 3.58. The first-order valence-corrected chi connectivity index (χ1v) is 5.62. The molecule has 1 saturated heterocycles. The van der Waals surface area contributed by atoms with Crippen molar-refractivity contribution in [1.29, 1.82) is 0 Å². The third-order valence-corrected chi connectivity index (χ3v) is 4.05. The van der Waals surface area contributed by atoms with Gasteiger partial charge in [-0.1, -0.05) is 0 Å².